The van der Waals surface area contributed by atoms with Gasteiger partial charge in [-0.05, 0) is 54.0 Å². The highest BCUT2D eigenvalue weighted by molar-refractivity contribution is 4.72. The fraction of sp³-hybridized carbons (Fsp3) is 1.00. The van der Waals surface area contributed by atoms with E-state index in [-0.39, 0.29) is 11.2 Å². The van der Waals surface area contributed by atoms with Gasteiger partial charge in [0.15, 0.2) is 0 Å². The second-order valence-electron chi connectivity index (χ2n) is 6.43. The largest absolute Gasteiger partial charge is 0.380 e. The second-order valence-corrected chi connectivity index (χ2v) is 6.43. The molecule has 122 valence electrons. The van der Waals surface area contributed by atoms with E-state index in [0.29, 0.717) is 0 Å². The third-order valence-electron chi connectivity index (χ3n) is 3.24. The van der Waals surface area contributed by atoms with Crippen LogP contribution in [0.4, 0.5) is 0 Å². The van der Waals surface area contributed by atoms with E-state index in [1.54, 1.807) is 0 Å². The molecule has 0 atom stereocenters. The molecule has 0 aromatic rings. The van der Waals surface area contributed by atoms with Gasteiger partial charge >= 0.3 is 0 Å². The van der Waals surface area contributed by atoms with Crippen molar-refractivity contribution in [3.8, 4) is 0 Å². The zero-order valence-corrected chi connectivity index (χ0v) is 14.4. The van der Waals surface area contributed by atoms with E-state index in [1.807, 2.05) is 7.05 Å². The maximum absolute atomic E-state index is 5.98. The molecule has 0 aliphatic heterocycles. The van der Waals surface area contributed by atoms with Gasteiger partial charge in [0.25, 0.3) is 0 Å². The Bertz CT molecular complexity index is 230. The number of hydrogen-bond acceptors (Lipinski definition) is 4. The van der Waals surface area contributed by atoms with E-state index in [2.05, 4.69) is 39.9 Å². The van der Waals surface area contributed by atoms with Crippen molar-refractivity contribution in [3.05, 3.63) is 0 Å². The Morgan fingerprint density at radius 3 is 1.90 bits per heavy atom. The number of nitrogens with one attached hydrogen (secondary N) is 1. The molecule has 0 rings (SSSR count). The van der Waals surface area contributed by atoms with Gasteiger partial charge in [-0.2, -0.15) is 0 Å². The van der Waals surface area contributed by atoms with E-state index in [0.717, 1.165) is 52.2 Å². The number of likely N-dealkylation sites (N-methyl/N-ethyl adjacent to an activating group) is 1. The fourth-order valence-electron chi connectivity index (χ4n) is 1.69. The predicted octanol–water partition coefficient (Wildman–Crippen LogP) is 3.00. The first-order valence-corrected chi connectivity index (χ1v) is 7.83. The molecule has 0 aromatic heterocycles. The summed E-state index contributed by atoms with van der Waals surface area (Å²) in [6.45, 7) is 14.5. The first kappa shape index (κ1) is 19.8. The molecule has 0 aromatic carbocycles. The Kier molecular flexibility index (Phi) is 10.5. The highest BCUT2D eigenvalue weighted by atomic mass is 16.5. The monoisotopic (exact) mass is 289 g/mol. The fourth-order valence-corrected chi connectivity index (χ4v) is 1.69. The summed E-state index contributed by atoms with van der Waals surface area (Å²) >= 11 is 0. The summed E-state index contributed by atoms with van der Waals surface area (Å²) in [6.07, 6.45) is 2.88. The lowest BCUT2D eigenvalue weighted by molar-refractivity contribution is -0.0801. The Morgan fingerprint density at radius 1 is 0.800 bits per heavy atom. The van der Waals surface area contributed by atoms with Crippen LogP contribution in [0.1, 0.15) is 53.9 Å². The van der Waals surface area contributed by atoms with E-state index in [4.69, 9.17) is 14.2 Å². The van der Waals surface area contributed by atoms with E-state index in [1.165, 1.54) is 0 Å². The molecule has 0 bridgehead atoms. The van der Waals surface area contributed by atoms with Crippen molar-refractivity contribution in [2.75, 3.05) is 40.0 Å². The van der Waals surface area contributed by atoms with Gasteiger partial charge in [-0.1, -0.05) is 6.92 Å². The molecule has 0 radical (unpaired) electrons. The minimum Gasteiger partial charge on any atom is -0.380 e. The van der Waals surface area contributed by atoms with Crippen LogP contribution in [0.15, 0.2) is 0 Å². The van der Waals surface area contributed by atoms with Crippen LogP contribution in [0, 0.1) is 0 Å². The highest BCUT2D eigenvalue weighted by Gasteiger charge is 2.22. The molecule has 0 saturated heterocycles. The zero-order chi connectivity index (χ0) is 15.5. The molecular formula is C16H35NO3. The minimum absolute atomic E-state index is 0.102. The molecule has 4 nitrogen and oxygen atoms in total. The smallest absolute Gasteiger partial charge is 0.0648 e. The predicted molar refractivity (Wildman–Crippen MR) is 84.3 cm³/mol. The minimum atomic E-state index is -0.138. The maximum atomic E-state index is 5.98. The average molecular weight is 289 g/mol. The second kappa shape index (κ2) is 10.6. The topological polar surface area (TPSA) is 39.7 Å². The number of ether oxygens (including phenoxy) is 3. The molecule has 1 N–H and O–H groups in total. The quantitative estimate of drug-likeness (QED) is 0.529. The van der Waals surface area contributed by atoms with Crippen molar-refractivity contribution < 1.29 is 14.2 Å². The zero-order valence-electron chi connectivity index (χ0n) is 14.4. The summed E-state index contributed by atoms with van der Waals surface area (Å²) in [6, 6.07) is 0. The molecule has 0 unspecified atom stereocenters. The Labute approximate surface area is 125 Å². The molecule has 0 fully saturated rings. The summed E-state index contributed by atoms with van der Waals surface area (Å²) in [5.74, 6) is 0. The van der Waals surface area contributed by atoms with Crippen molar-refractivity contribution in [2.45, 2.75) is 65.1 Å². The van der Waals surface area contributed by atoms with Crippen molar-refractivity contribution >= 4 is 0 Å². The first-order chi connectivity index (χ1) is 9.33. The average Bonchev–Trinajstić information content (AvgIpc) is 2.35. The molecular weight excluding hydrogens is 254 g/mol. The standard InChI is InChI=1S/C16H35NO3/c1-7-11-19-16(4,5)9-13-20-15(2,3)8-12-18-14-10-17-6/h17H,7-14H2,1-6H3. The molecule has 0 saturated carbocycles. The van der Waals surface area contributed by atoms with Crippen LogP contribution < -0.4 is 5.32 Å². The Morgan fingerprint density at radius 2 is 1.35 bits per heavy atom. The van der Waals surface area contributed by atoms with Gasteiger partial charge in [0, 0.05) is 19.8 Å². The normalized spacial score (nSPS) is 12.9. The van der Waals surface area contributed by atoms with Gasteiger partial charge in [-0.25, -0.2) is 0 Å². The van der Waals surface area contributed by atoms with Crippen LogP contribution in [0.2, 0.25) is 0 Å². The molecule has 20 heavy (non-hydrogen) atoms. The van der Waals surface area contributed by atoms with Gasteiger partial charge in [-0.15, -0.1) is 0 Å². The van der Waals surface area contributed by atoms with E-state index in [9.17, 15) is 0 Å². The first-order valence-electron chi connectivity index (χ1n) is 7.83. The SMILES string of the molecule is CCCOC(C)(C)CCOC(C)(C)CCOCCNC. The third kappa shape index (κ3) is 11.6. The molecule has 0 heterocycles. The van der Waals surface area contributed by atoms with Crippen LogP contribution in [-0.4, -0.2) is 51.2 Å². The molecule has 0 amide bonds. The van der Waals surface area contributed by atoms with Gasteiger partial charge < -0.3 is 19.5 Å². The lowest BCUT2D eigenvalue weighted by Gasteiger charge is -2.29. The van der Waals surface area contributed by atoms with Crippen molar-refractivity contribution in [1.82, 2.24) is 5.32 Å². The summed E-state index contributed by atoms with van der Waals surface area (Å²) in [4.78, 5) is 0. The summed E-state index contributed by atoms with van der Waals surface area (Å²) < 4.78 is 17.3. The van der Waals surface area contributed by atoms with Crippen molar-refractivity contribution in [1.29, 1.82) is 0 Å². The maximum Gasteiger partial charge on any atom is 0.0648 e. The van der Waals surface area contributed by atoms with Gasteiger partial charge in [-0.3, -0.25) is 0 Å². The lowest BCUT2D eigenvalue weighted by Crippen LogP contribution is -2.32. The Balaban J connectivity index is 3.74. The number of rotatable bonds is 13. The molecule has 0 aliphatic carbocycles. The summed E-state index contributed by atoms with van der Waals surface area (Å²) in [7, 11) is 1.93. The van der Waals surface area contributed by atoms with Crippen LogP contribution in [0.25, 0.3) is 0 Å². The van der Waals surface area contributed by atoms with E-state index < -0.39 is 0 Å². The van der Waals surface area contributed by atoms with Gasteiger partial charge in [0.2, 0.25) is 0 Å². The molecule has 4 heteroatoms. The van der Waals surface area contributed by atoms with E-state index >= 15 is 0 Å². The third-order valence-corrected chi connectivity index (χ3v) is 3.24. The highest BCUT2D eigenvalue weighted by Crippen LogP contribution is 2.19. The van der Waals surface area contributed by atoms with Crippen LogP contribution in [0.3, 0.4) is 0 Å². The summed E-state index contributed by atoms with van der Waals surface area (Å²) in [5.41, 5.74) is -0.240. The van der Waals surface area contributed by atoms with Crippen molar-refractivity contribution in [3.63, 3.8) is 0 Å². The number of hydrogen-bond donors (Lipinski definition) is 1. The molecule has 0 spiro atoms. The van der Waals surface area contributed by atoms with Gasteiger partial charge in [0.05, 0.1) is 24.4 Å². The van der Waals surface area contributed by atoms with Crippen LogP contribution >= 0.6 is 0 Å². The lowest BCUT2D eigenvalue weighted by atomic mass is 10.0. The summed E-state index contributed by atoms with van der Waals surface area (Å²) in [5, 5.41) is 3.06. The van der Waals surface area contributed by atoms with Crippen LogP contribution in [-0.2, 0) is 14.2 Å². The van der Waals surface area contributed by atoms with Crippen LogP contribution in [0.5, 0.6) is 0 Å². The molecule has 0 aliphatic rings. The Hall–Kier alpha value is -0.160. The van der Waals surface area contributed by atoms with Gasteiger partial charge in [0.1, 0.15) is 0 Å². The van der Waals surface area contributed by atoms with Crippen molar-refractivity contribution in [2.24, 2.45) is 0 Å².